The SMILES string of the molecule is Cc1ccc(S(=O)(=O)O[C@@H](C)[C@@H](C)c2ccc([N+](=O)[O-])cc2)cc1. The molecule has 0 N–H and O–H groups in total. The van der Waals surface area contributed by atoms with E-state index in [2.05, 4.69) is 0 Å². The van der Waals surface area contributed by atoms with Crippen LogP contribution in [0.25, 0.3) is 0 Å². The Labute approximate surface area is 141 Å². The molecule has 0 aliphatic rings. The van der Waals surface area contributed by atoms with Gasteiger partial charge in [-0.15, -0.1) is 0 Å². The lowest BCUT2D eigenvalue weighted by molar-refractivity contribution is -0.384. The maximum Gasteiger partial charge on any atom is 0.297 e. The minimum absolute atomic E-state index is 0.00759. The number of non-ortho nitro benzene ring substituents is 1. The molecule has 0 fully saturated rings. The average molecular weight is 349 g/mol. The highest BCUT2D eigenvalue weighted by atomic mass is 32.2. The van der Waals surface area contributed by atoms with Crippen LogP contribution in [-0.4, -0.2) is 19.4 Å². The lowest BCUT2D eigenvalue weighted by Crippen LogP contribution is -2.21. The van der Waals surface area contributed by atoms with Crippen LogP contribution in [0.15, 0.2) is 53.4 Å². The lowest BCUT2D eigenvalue weighted by atomic mass is 9.96. The Hall–Kier alpha value is -2.25. The number of nitrogens with zero attached hydrogens (tertiary/aromatic N) is 1. The fourth-order valence-corrected chi connectivity index (χ4v) is 3.36. The van der Waals surface area contributed by atoms with Crippen LogP contribution in [-0.2, 0) is 14.3 Å². The van der Waals surface area contributed by atoms with Crippen molar-refractivity contribution in [3.8, 4) is 0 Å². The molecule has 0 radical (unpaired) electrons. The molecule has 2 aromatic rings. The topological polar surface area (TPSA) is 86.5 Å². The van der Waals surface area contributed by atoms with Gasteiger partial charge in [0.25, 0.3) is 15.8 Å². The molecular weight excluding hydrogens is 330 g/mol. The summed E-state index contributed by atoms with van der Waals surface area (Å²) in [4.78, 5) is 10.3. The number of hydrogen-bond donors (Lipinski definition) is 0. The Morgan fingerprint density at radius 1 is 1.00 bits per heavy atom. The first-order valence-corrected chi connectivity index (χ1v) is 8.86. The predicted molar refractivity (Wildman–Crippen MR) is 90.4 cm³/mol. The summed E-state index contributed by atoms with van der Waals surface area (Å²) < 4.78 is 29.9. The fraction of sp³-hybridized carbons (Fsp3) is 0.294. The van der Waals surface area contributed by atoms with E-state index >= 15 is 0 Å². The van der Waals surface area contributed by atoms with Gasteiger partial charge in [0.05, 0.1) is 15.9 Å². The summed E-state index contributed by atoms with van der Waals surface area (Å²) in [5.74, 6) is -0.244. The van der Waals surface area contributed by atoms with Crippen molar-refractivity contribution in [2.75, 3.05) is 0 Å². The van der Waals surface area contributed by atoms with E-state index in [0.29, 0.717) is 0 Å². The lowest BCUT2D eigenvalue weighted by Gasteiger charge is -2.20. The van der Waals surface area contributed by atoms with Crippen LogP contribution in [0.2, 0.25) is 0 Å². The van der Waals surface area contributed by atoms with Gasteiger partial charge in [-0.05, 0) is 31.5 Å². The Morgan fingerprint density at radius 2 is 1.54 bits per heavy atom. The average Bonchev–Trinajstić information content (AvgIpc) is 2.54. The van der Waals surface area contributed by atoms with Gasteiger partial charge in [-0.1, -0.05) is 36.8 Å². The van der Waals surface area contributed by atoms with Crippen LogP contribution in [0.4, 0.5) is 5.69 Å². The maximum absolute atomic E-state index is 12.3. The second kappa shape index (κ2) is 7.11. The van der Waals surface area contributed by atoms with Crippen LogP contribution < -0.4 is 0 Å². The molecular formula is C17H19NO5S. The molecule has 0 saturated heterocycles. The van der Waals surface area contributed by atoms with Gasteiger partial charge in [0.1, 0.15) is 0 Å². The summed E-state index contributed by atoms with van der Waals surface area (Å²) in [5.41, 5.74) is 1.72. The number of hydrogen-bond acceptors (Lipinski definition) is 5. The van der Waals surface area contributed by atoms with Crippen molar-refractivity contribution >= 4 is 15.8 Å². The first-order valence-electron chi connectivity index (χ1n) is 7.45. The van der Waals surface area contributed by atoms with Gasteiger partial charge in [0.15, 0.2) is 0 Å². The van der Waals surface area contributed by atoms with E-state index in [1.165, 1.54) is 24.3 Å². The molecule has 0 amide bonds. The second-order valence-corrected chi connectivity index (χ2v) is 7.28. The first kappa shape index (κ1) is 18.1. The molecule has 0 aliphatic heterocycles. The molecule has 24 heavy (non-hydrogen) atoms. The van der Waals surface area contributed by atoms with E-state index in [1.54, 1.807) is 31.2 Å². The minimum Gasteiger partial charge on any atom is -0.263 e. The van der Waals surface area contributed by atoms with Crippen LogP contribution in [0.5, 0.6) is 0 Å². The molecule has 2 rings (SSSR count). The van der Waals surface area contributed by atoms with Gasteiger partial charge in [-0.2, -0.15) is 8.42 Å². The van der Waals surface area contributed by atoms with Crippen molar-refractivity contribution in [3.63, 3.8) is 0 Å². The van der Waals surface area contributed by atoms with Crippen molar-refractivity contribution < 1.29 is 17.5 Å². The molecule has 0 aromatic heterocycles. The van der Waals surface area contributed by atoms with Crippen LogP contribution >= 0.6 is 0 Å². The molecule has 7 heteroatoms. The van der Waals surface area contributed by atoms with Gasteiger partial charge in [0, 0.05) is 18.1 Å². The maximum atomic E-state index is 12.3. The normalized spacial score (nSPS) is 14.1. The molecule has 0 bridgehead atoms. The van der Waals surface area contributed by atoms with Crippen molar-refractivity contribution in [2.45, 2.75) is 37.7 Å². The molecule has 0 heterocycles. The number of benzene rings is 2. The van der Waals surface area contributed by atoms with Gasteiger partial charge >= 0.3 is 0 Å². The minimum atomic E-state index is -3.86. The van der Waals surface area contributed by atoms with Gasteiger partial charge in [-0.25, -0.2) is 0 Å². The van der Waals surface area contributed by atoms with Gasteiger partial charge < -0.3 is 0 Å². The summed E-state index contributed by atoms with van der Waals surface area (Å²) in [7, 11) is -3.86. The summed E-state index contributed by atoms with van der Waals surface area (Å²) in [6.45, 7) is 5.35. The second-order valence-electron chi connectivity index (χ2n) is 5.71. The molecule has 0 unspecified atom stereocenters. The highest BCUT2D eigenvalue weighted by molar-refractivity contribution is 7.86. The predicted octanol–water partition coefficient (Wildman–Crippen LogP) is 3.80. The molecule has 128 valence electrons. The molecule has 6 nitrogen and oxygen atoms in total. The third-order valence-electron chi connectivity index (χ3n) is 3.92. The summed E-state index contributed by atoms with van der Waals surface area (Å²) >= 11 is 0. The van der Waals surface area contributed by atoms with Crippen molar-refractivity contribution in [3.05, 3.63) is 69.8 Å². The van der Waals surface area contributed by atoms with E-state index in [1.807, 2.05) is 13.8 Å². The van der Waals surface area contributed by atoms with Crippen LogP contribution in [0.3, 0.4) is 0 Å². The summed E-state index contributed by atoms with van der Waals surface area (Å²) in [6, 6.07) is 12.4. The fourth-order valence-electron chi connectivity index (χ4n) is 2.21. The highest BCUT2D eigenvalue weighted by Gasteiger charge is 2.24. The monoisotopic (exact) mass is 349 g/mol. The Bertz CT molecular complexity index is 813. The third-order valence-corrected chi connectivity index (χ3v) is 5.33. The van der Waals surface area contributed by atoms with Crippen LogP contribution in [0.1, 0.15) is 30.9 Å². The quantitative estimate of drug-likeness (QED) is 0.450. The number of nitro benzene ring substituents is 1. The molecule has 0 spiro atoms. The standard InChI is InChI=1S/C17H19NO5S/c1-12-4-10-17(11-5-12)24(21,22)23-14(3)13(2)15-6-8-16(9-7-15)18(19)20/h4-11,13-14H,1-3H3/t13-,14+/m1/s1. The molecule has 2 atom stereocenters. The first-order chi connectivity index (χ1) is 11.2. The zero-order valence-electron chi connectivity index (χ0n) is 13.7. The van der Waals surface area contributed by atoms with Crippen molar-refractivity contribution in [2.24, 2.45) is 0 Å². The van der Waals surface area contributed by atoms with Gasteiger partial charge in [-0.3, -0.25) is 14.3 Å². The molecule has 2 aromatic carbocycles. The molecule has 0 saturated carbocycles. The number of nitro groups is 1. The van der Waals surface area contributed by atoms with Crippen LogP contribution in [0, 0.1) is 17.0 Å². The van der Waals surface area contributed by atoms with E-state index in [0.717, 1.165) is 11.1 Å². The summed E-state index contributed by atoms with van der Waals surface area (Å²) in [6.07, 6.45) is -0.613. The Balaban J connectivity index is 2.14. The van der Waals surface area contributed by atoms with Gasteiger partial charge in [0.2, 0.25) is 0 Å². The zero-order chi connectivity index (χ0) is 17.9. The van der Waals surface area contributed by atoms with E-state index in [-0.39, 0.29) is 16.5 Å². The highest BCUT2D eigenvalue weighted by Crippen LogP contribution is 2.26. The summed E-state index contributed by atoms with van der Waals surface area (Å²) in [5, 5.41) is 10.7. The largest absolute Gasteiger partial charge is 0.297 e. The third kappa shape index (κ3) is 4.18. The Morgan fingerprint density at radius 3 is 2.04 bits per heavy atom. The van der Waals surface area contributed by atoms with E-state index in [9.17, 15) is 18.5 Å². The zero-order valence-corrected chi connectivity index (χ0v) is 14.5. The number of rotatable bonds is 6. The van der Waals surface area contributed by atoms with E-state index in [4.69, 9.17) is 4.18 Å². The Kier molecular flexibility index (Phi) is 5.36. The van der Waals surface area contributed by atoms with Crippen molar-refractivity contribution in [1.82, 2.24) is 0 Å². The van der Waals surface area contributed by atoms with Crippen molar-refractivity contribution in [1.29, 1.82) is 0 Å². The van der Waals surface area contributed by atoms with E-state index < -0.39 is 21.1 Å². The molecule has 0 aliphatic carbocycles. The smallest absolute Gasteiger partial charge is 0.263 e. The number of aryl methyl sites for hydroxylation is 1.